The minimum absolute atomic E-state index is 0.0796. The average molecular weight is 717 g/mol. The van der Waals surface area contributed by atoms with Crippen LogP contribution < -0.4 is 9.47 Å². The molecule has 0 spiro atoms. The van der Waals surface area contributed by atoms with Gasteiger partial charge in [-0.1, -0.05) is 24.3 Å². The third kappa shape index (κ3) is 8.52. The van der Waals surface area contributed by atoms with Crippen molar-refractivity contribution in [1.82, 2.24) is 29.5 Å². The van der Waals surface area contributed by atoms with Crippen LogP contribution in [0.3, 0.4) is 0 Å². The van der Waals surface area contributed by atoms with Gasteiger partial charge in [-0.15, -0.1) is 22.7 Å². The lowest BCUT2D eigenvalue weighted by Gasteiger charge is -2.04. The second kappa shape index (κ2) is 16.3. The molecule has 0 saturated heterocycles. The highest BCUT2D eigenvalue weighted by atomic mass is 32.1. The minimum atomic E-state index is -0.756. The van der Waals surface area contributed by atoms with E-state index in [-0.39, 0.29) is 6.61 Å². The van der Waals surface area contributed by atoms with Crippen molar-refractivity contribution in [2.24, 2.45) is 0 Å². The SMILES string of the molecule is COc1ccc(Cn2cc(-c3nc(C)sc3C=O)c(C(C)O)n2)cc1.COc1ccc(Cn2cc(-c3nc(C)sc3CO)c(C(C)O)n2)cc1. The molecule has 50 heavy (non-hydrogen) atoms. The Morgan fingerprint density at radius 1 is 0.740 bits per heavy atom. The van der Waals surface area contributed by atoms with Crippen LogP contribution >= 0.6 is 22.7 Å². The van der Waals surface area contributed by atoms with Gasteiger partial charge in [-0.2, -0.15) is 10.2 Å². The summed E-state index contributed by atoms with van der Waals surface area (Å²) in [5, 5.41) is 40.5. The summed E-state index contributed by atoms with van der Waals surface area (Å²) in [5.74, 6) is 1.60. The molecule has 4 aromatic heterocycles. The molecule has 6 aromatic rings. The van der Waals surface area contributed by atoms with E-state index in [2.05, 4.69) is 20.2 Å². The van der Waals surface area contributed by atoms with Gasteiger partial charge in [0.2, 0.25) is 0 Å². The number of thiazole rings is 2. The zero-order valence-corrected chi connectivity index (χ0v) is 30.3. The van der Waals surface area contributed by atoms with Crippen LogP contribution in [0.1, 0.15) is 73.1 Å². The van der Waals surface area contributed by atoms with E-state index in [0.29, 0.717) is 46.3 Å². The summed E-state index contributed by atoms with van der Waals surface area (Å²) < 4.78 is 13.9. The molecule has 2 atom stereocenters. The van der Waals surface area contributed by atoms with Crippen molar-refractivity contribution in [2.75, 3.05) is 14.2 Å². The van der Waals surface area contributed by atoms with Crippen molar-refractivity contribution in [2.45, 2.75) is 59.6 Å². The molecule has 0 aliphatic rings. The molecular formula is C36H40N6O6S2. The number of rotatable bonds is 12. The van der Waals surface area contributed by atoms with Crippen molar-refractivity contribution in [3.05, 3.63) is 103 Å². The number of nitrogens with zero attached hydrogens (tertiary/aromatic N) is 6. The zero-order chi connectivity index (χ0) is 35.9. The Labute approximate surface area is 298 Å². The van der Waals surface area contributed by atoms with Crippen LogP contribution in [0.2, 0.25) is 0 Å². The van der Waals surface area contributed by atoms with Gasteiger partial charge in [0.25, 0.3) is 0 Å². The normalized spacial score (nSPS) is 12.3. The Morgan fingerprint density at radius 2 is 1.18 bits per heavy atom. The van der Waals surface area contributed by atoms with Crippen LogP contribution in [0.15, 0.2) is 60.9 Å². The molecule has 0 amide bonds. The number of carbonyl (C=O) groups is 1. The first-order valence-electron chi connectivity index (χ1n) is 15.8. The Kier molecular flexibility index (Phi) is 11.9. The molecule has 262 valence electrons. The molecule has 14 heteroatoms. The predicted octanol–water partition coefficient (Wildman–Crippen LogP) is 6.16. The Balaban J connectivity index is 0.000000194. The van der Waals surface area contributed by atoms with Gasteiger partial charge in [-0.25, -0.2) is 9.97 Å². The maximum atomic E-state index is 11.3. The van der Waals surface area contributed by atoms with Gasteiger partial charge in [-0.05, 0) is 63.1 Å². The first-order chi connectivity index (χ1) is 24.0. The van der Waals surface area contributed by atoms with Crippen LogP contribution in [0.4, 0.5) is 0 Å². The third-order valence-corrected chi connectivity index (χ3v) is 9.56. The number of benzene rings is 2. The number of aromatic nitrogens is 6. The summed E-state index contributed by atoms with van der Waals surface area (Å²) >= 11 is 2.79. The smallest absolute Gasteiger partial charge is 0.162 e. The summed E-state index contributed by atoms with van der Waals surface area (Å²) in [6.07, 6.45) is 3.02. The van der Waals surface area contributed by atoms with E-state index in [1.807, 2.05) is 74.8 Å². The fourth-order valence-corrected chi connectivity index (χ4v) is 6.92. The van der Waals surface area contributed by atoms with Crippen LogP contribution in [0.25, 0.3) is 22.5 Å². The van der Waals surface area contributed by atoms with Crippen molar-refractivity contribution >= 4 is 29.0 Å². The van der Waals surface area contributed by atoms with E-state index in [1.165, 1.54) is 22.7 Å². The number of hydrogen-bond donors (Lipinski definition) is 3. The first-order valence-corrected chi connectivity index (χ1v) is 17.4. The van der Waals surface area contributed by atoms with Crippen LogP contribution in [0, 0.1) is 13.8 Å². The predicted molar refractivity (Wildman–Crippen MR) is 193 cm³/mol. The maximum absolute atomic E-state index is 11.3. The van der Waals surface area contributed by atoms with E-state index >= 15 is 0 Å². The molecule has 0 radical (unpaired) electrons. The molecule has 2 aromatic carbocycles. The van der Waals surface area contributed by atoms with Gasteiger partial charge < -0.3 is 24.8 Å². The van der Waals surface area contributed by atoms with E-state index in [4.69, 9.17) is 9.47 Å². The number of aliphatic hydroxyl groups is 3. The van der Waals surface area contributed by atoms with Crippen molar-refractivity contribution in [3.8, 4) is 34.0 Å². The molecule has 0 aliphatic heterocycles. The lowest BCUT2D eigenvalue weighted by molar-refractivity contribution is 0.112. The largest absolute Gasteiger partial charge is 0.497 e. The van der Waals surface area contributed by atoms with Gasteiger partial charge in [0.1, 0.15) is 22.9 Å². The number of aryl methyl sites for hydroxylation is 2. The molecule has 6 rings (SSSR count). The minimum Gasteiger partial charge on any atom is -0.497 e. The Morgan fingerprint density at radius 3 is 1.60 bits per heavy atom. The van der Waals surface area contributed by atoms with E-state index in [1.54, 1.807) is 37.4 Å². The number of hydrogen-bond acceptors (Lipinski definition) is 12. The number of methoxy groups -OCH3 is 2. The summed E-state index contributed by atoms with van der Waals surface area (Å²) in [6.45, 7) is 8.13. The number of aliphatic hydroxyl groups excluding tert-OH is 3. The van der Waals surface area contributed by atoms with Crippen molar-refractivity contribution in [1.29, 1.82) is 0 Å². The fraction of sp³-hybridized carbons (Fsp3) is 0.306. The van der Waals surface area contributed by atoms with Gasteiger partial charge in [0, 0.05) is 23.5 Å². The third-order valence-electron chi connectivity index (χ3n) is 7.70. The van der Waals surface area contributed by atoms with Gasteiger partial charge in [0.15, 0.2) is 6.29 Å². The average Bonchev–Trinajstić information content (AvgIpc) is 3.90. The number of ether oxygens (including phenoxy) is 2. The van der Waals surface area contributed by atoms with E-state index in [9.17, 15) is 20.1 Å². The molecule has 0 aliphatic carbocycles. The highest BCUT2D eigenvalue weighted by molar-refractivity contribution is 7.13. The quantitative estimate of drug-likeness (QED) is 0.125. The molecule has 4 heterocycles. The van der Waals surface area contributed by atoms with Crippen LogP contribution in [-0.4, -0.2) is 65.4 Å². The van der Waals surface area contributed by atoms with Crippen LogP contribution in [-0.2, 0) is 19.7 Å². The second-order valence-corrected chi connectivity index (χ2v) is 14.0. The maximum Gasteiger partial charge on any atom is 0.162 e. The molecule has 3 N–H and O–H groups in total. The van der Waals surface area contributed by atoms with Gasteiger partial charge in [0.05, 0.1) is 77.3 Å². The lowest BCUT2D eigenvalue weighted by atomic mass is 10.1. The summed E-state index contributed by atoms with van der Waals surface area (Å²) in [7, 11) is 3.27. The summed E-state index contributed by atoms with van der Waals surface area (Å²) in [5.41, 5.74) is 5.93. The fourth-order valence-electron chi connectivity index (χ4n) is 5.36. The van der Waals surface area contributed by atoms with E-state index < -0.39 is 12.2 Å². The highest BCUT2D eigenvalue weighted by Gasteiger charge is 2.22. The molecule has 0 saturated carbocycles. The molecule has 12 nitrogen and oxygen atoms in total. The van der Waals surface area contributed by atoms with Crippen molar-refractivity contribution in [3.63, 3.8) is 0 Å². The van der Waals surface area contributed by atoms with Crippen LogP contribution in [0.5, 0.6) is 11.5 Å². The second-order valence-electron chi connectivity index (χ2n) is 11.5. The molecule has 0 fully saturated rings. The van der Waals surface area contributed by atoms with Crippen molar-refractivity contribution < 1.29 is 29.6 Å². The van der Waals surface area contributed by atoms with E-state index in [0.717, 1.165) is 49.4 Å². The topological polar surface area (TPSA) is 158 Å². The Hall–Kier alpha value is -4.73. The molecule has 0 bridgehead atoms. The van der Waals surface area contributed by atoms with Gasteiger partial charge in [-0.3, -0.25) is 14.2 Å². The number of aldehydes is 1. The summed E-state index contributed by atoms with van der Waals surface area (Å²) in [4.78, 5) is 21.6. The molecular weight excluding hydrogens is 677 g/mol. The first kappa shape index (κ1) is 36.5. The standard InChI is InChI=1S/C18H21N3O3S.C18H19N3O3S/c2*1-11(23)17-15(18-16(10-22)25-12(2)19-18)9-21(20-17)8-13-4-6-14(24-3)7-5-13/h4-7,9,11,22-23H,8,10H2,1-3H3;4-7,9-11,23H,8H2,1-3H3. The zero-order valence-electron chi connectivity index (χ0n) is 28.7. The number of carbonyl (C=O) groups excluding carboxylic acids is 1. The molecule has 2 unspecified atom stereocenters. The monoisotopic (exact) mass is 716 g/mol. The summed E-state index contributed by atoms with van der Waals surface area (Å²) in [6, 6.07) is 15.5. The highest BCUT2D eigenvalue weighted by Crippen LogP contribution is 2.34. The lowest BCUT2D eigenvalue weighted by Crippen LogP contribution is -2.02. The Bertz CT molecular complexity index is 2030. The van der Waals surface area contributed by atoms with Gasteiger partial charge >= 0.3 is 0 Å².